The van der Waals surface area contributed by atoms with Crippen molar-refractivity contribution in [2.45, 2.75) is 6.67 Å². The zero-order valence-corrected chi connectivity index (χ0v) is 6.32. The molecular formula is C5H3Cl2FN2. The number of halogens is 3. The summed E-state index contributed by atoms with van der Waals surface area (Å²) in [5.74, 6) is 0. The molecular weight excluding hydrogens is 178 g/mol. The van der Waals surface area contributed by atoms with Crippen LogP contribution in [0.4, 0.5) is 4.39 Å². The molecule has 0 amide bonds. The first-order chi connectivity index (χ1) is 4.74. The van der Waals surface area contributed by atoms with E-state index in [1.54, 1.807) is 0 Å². The van der Waals surface area contributed by atoms with Crippen LogP contribution in [0.15, 0.2) is 6.20 Å². The van der Waals surface area contributed by atoms with Gasteiger partial charge in [-0.05, 0) is 11.6 Å². The Morgan fingerprint density at radius 1 is 1.50 bits per heavy atom. The summed E-state index contributed by atoms with van der Waals surface area (Å²) >= 11 is 10.8. The van der Waals surface area contributed by atoms with Crippen molar-refractivity contribution < 1.29 is 4.39 Å². The third kappa shape index (κ3) is 1.55. The summed E-state index contributed by atoms with van der Waals surface area (Å²) in [5, 5.41) is 0.102. The van der Waals surface area contributed by atoms with Gasteiger partial charge < -0.3 is 0 Å². The molecule has 0 bridgehead atoms. The predicted molar refractivity (Wildman–Crippen MR) is 36.9 cm³/mol. The summed E-state index contributed by atoms with van der Waals surface area (Å²) in [4.78, 5) is 7.06. The molecule has 1 rings (SSSR count). The molecule has 1 aromatic heterocycles. The van der Waals surface area contributed by atoms with Gasteiger partial charge in [-0.15, -0.1) is 0 Å². The second-order valence-corrected chi connectivity index (χ2v) is 2.28. The minimum atomic E-state index is -0.671. The van der Waals surface area contributed by atoms with Crippen LogP contribution < -0.4 is 0 Å². The third-order valence-electron chi connectivity index (χ3n) is 0.926. The van der Waals surface area contributed by atoms with E-state index in [9.17, 15) is 4.39 Å². The van der Waals surface area contributed by atoms with Crippen molar-refractivity contribution in [2.75, 3.05) is 0 Å². The van der Waals surface area contributed by atoms with Crippen molar-refractivity contribution in [3.63, 3.8) is 0 Å². The van der Waals surface area contributed by atoms with Crippen molar-refractivity contribution in [1.29, 1.82) is 0 Å². The van der Waals surface area contributed by atoms with E-state index in [1.165, 1.54) is 6.20 Å². The largest absolute Gasteiger partial charge is 0.246 e. The van der Waals surface area contributed by atoms with E-state index < -0.39 is 6.67 Å². The van der Waals surface area contributed by atoms with Gasteiger partial charge in [0, 0.05) is 11.8 Å². The van der Waals surface area contributed by atoms with Crippen LogP contribution in [0.1, 0.15) is 5.56 Å². The van der Waals surface area contributed by atoms with E-state index in [0.717, 1.165) is 0 Å². The monoisotopic (exact) mass is 180 g/mol. The fourth-order valence-electron chi connectivity index (χ4n) is 0.456. The zero-order chi connectivity index (χ0) is 7.56. The minimum Gasteiger partial charge on any atom is -0.246 e. The van der Waals surface area contributed by atoms with Crippen LogP contribution in [0.2, 0.25) is 10.4 Å². The van der Waals surface area contributed by atoms with Gasteiger partial charge in [-0.1, -0.05) is 11.6 Å². The topological polar surface area (TPSA) is 25.8 Å². The van der Waals surface area contributed by atoms with Crippen LogP contribution in [0, 0.1) is 0 Å². The van der Waals surface area contributed by atoms with Crippen molar-refractivity contribution in [3.8, 4) is 0 Å². The molecule has 0 radical (unpaired) electrons. The molecule has 54 valence electrons. The first kappa shape index (κ1) is 7.69. The Kier molecular flexibility index (Phi) is 2.40. The normalized spacial score (nSPS) is 9.90. The van der Waals surface area contributed by atoms with E-state index in [0.29, 0.717) is 0 Å². The van der Waals surface area contributed by atoms with Crippen molar-refractivity contribution >= 4 is 23.2 Å². The SMILES string of the molecule is FCc1cnc(Cl)nc1Cl. The van der Waals surface area contributed by atoms with E-state index in [4.69, 9.17) is 23.2 Å². The average molecular weight is 181 g/mol. The number of hydrogen-bond donors (Lipinski definition) is 0. The molecule has 0 aliphatic carbocycles. The lowest BCUT2D eigenvalue weighted by Crippen LogP contribution is -1.88. The molecule has 0 spiro atoms. The van der Waals surface area contributed by atoms with Crippen LogP contribution in [-0.2, 0) is 6.67 Å². The Balaban J connectivity index is 3.07. The number of hydrogen-bond acceptors (Lipinski definition) is 2. The molecule has 2 nitrogen and oxygen atoms in total. The van der Waals surface area contributed by atoms with Gasteiger partial charge in [-0.3, -0.25) is 0 Å². The number of aromatic nitrogens is 2. The quantitative estimate of drug-likeness (QED) is 0.490. The predicted octanol–water partition coefficient (Wildman–Crippen LogP) is 2.25. The summed E-state index contributed by atoms with van der Waals surface area (Å²) in [5.41, 5.74) is 0.256. The smallest absolute Gasteiger partial charge is 0.223 e. The highest BCUT2D eigenvalue weighted by atomic mass is 35.5. The molecule has 0 saturated heterocycles. The average Bonchev–Trinajstić information content (AvgIpc) is 1.88. The molecule has 0 unspecified atom stereocenters. The van der Waals surface area contributed by atoms with E-state index in [1.807, 2.05) is 0 Å². The second kappa shape index (κ2) is 3.12. The molecule has 0 aliphatic heterocycles. The summed E-state index contributed by atoms with van der Waals surface area (Å²) < 4.78 is 11.9. The summed E-state index contributed by atoms with van der Waals surface area (Å²) in [6.45, 7) is -0.671. The maximum Gasteiger partial charge on any atom is 0.223 e. The van der Waals surface area contributed by atoms with Gasteiger partial charge in [0.15, 0.2) is 0 Å². The molecule has 1 heterocycles. The van der Waals surface area contributed by atoms with Gasteiger partial charge >= 0.3 is 0 Å². The highest BCUT2D eigenvalue weighted by Crippen LogP contribution is 2.14. The molecule has 0 aliphatic rings. The Labute approximate surface area is 67.0 Å². The lowest BCUT2D eigenvalue weighted by atomic mass is 10.4. The molecule has 10 heavy (non-hydrogen) atoms. The van der Waals surface area contributed by atoms with Crippen LogP contribution in [0.25, 0.3) is 0 Å². The Bertz CT molecular complexity index is 241. The minimum absolute atomic E-state index is 0.0298. The van der Waals surface area contributed by atoms with E-state index in [2.05, 4.69) is 9.97 Å². The summed E-state index contributed by atoms with van der Waals surface area (Å²) in [6.07, 6.45) is 1.26. The molecule has 1 aromatic rings. The second-order valence-electron chi connectivity index (χ2n) is 1.59. The molecule has 0 N–H and O–H groups in total. The van der Waals surface area contributed by atoms with E-state index >= 15 is 0 Å². The summed E-state index contributed by atoms with van der Waals surface area (Å²) in [6, 6.07) is 0. The first-order valence-corrected chi connectivity index (χ1v) is 3.22. The molecule has 5 heteroatoms. The molecule has 0 fully saturated rings. The lowest BCUT2D eigenvalue weighted by Gasteiger charge is -1.95. The Morgan fingerprint density at radius 3 is 2.70 bits per heavy atom. The first-order valence-electron chi connectivity index (χ1n) is 2.47. The van der Waals surface area contributed by atoms with Gasteiger partial charge in [0.1, 0.15) is 11.8 Å². The summed E-state index contributed by atoms with van der Waals surface area (Å²) in [7, 11) is 0. The molecule has 0 saturated carbocycles. The van der Waals surface area contributed by atoms with Crippen LogP contribution in [0.3, 0.4) is 0 Å². The fourth-order valence-corrected chi connectivity index (χ4v) is 0.812. The Hall–Kier alpha value is -0.410. The van der Waals surface area contributed by atoms with Gasteiger partial charge in [-0.25, -0.2) is 14.4 Å². The number of nitrogens with zero attached hydrogens (tertiary/aromatic N) is 2. The fraction of sp³-hybridized carbons (Fsp3) is 0.200. The van der Waals surface area contributed by atoms with Gasteiger partial charge in [-0.2, -0.15) is 0 Å². The maximum atomic E-state index is 11.9. The third-order valence-corrected chi connectivity index (χ3v) is 1.44. The van der Waals surface area contributed by atoms with Gasteiger partial charge in [0.25, 0.3) is 0 Å². The van der Waals surface area contributed by atoms with Crippen molar-refractivity contribution in [3.05, 3.63) is 22.2 Å². The zero-order valence-electron chi connectivity index (χ0n) is 4.81. The highest BCUT2D eigenvalue weighted by molar-refractivity contribution is 6.32. The number of rotatable bonds is 1. The Morgan fingerprint density at radius 2 is 2.20 bits per heavy atom. The van der Waals surface area contributed by atoms with Gasteiger partial charge in [0.2, 0.25) is 5.28 Å². The highest BCUT2D eigenvalue weighted by Gasteiger charge is 2.01. The standard InChI is InChI=1S/C5H3Cl2FN2/c6-4-3(1-8)2-9-5(7)10-4/h2H,1H2. The van der Waals surface area contributed by atoms with Crippen LogP contribution in [-0.4, -0.2) is 9.97 Å². The van der Waals surface area contributed by atoms with Gasteiger partial charge in [0.05, 0.1) is 0 Å². The van der Waals surface area contributed by atoms with Crippen molar-refractivity contribution in [1.82, 2.24) is 9.97 Å². The number of alkyl halides is 1. The molecule has 0 aromatic carbocycles. The lowest BCUT2D eigenvalue weighted by molar-refractivity contribution is 0.483. The van der Waals surface area contributed by atoms with Crippen molar-refractivity contribution in [2.24, 2.45) is 0 Å². The van der Waals surface area contributed by atoms with Crippen LogP contribution in [0.5, 0.6) is 0 Å². The van der Waals surface area contributed by atoms with E-state index in [-0.39, 0.29) is 16.0 Å². The molecule has 0 atom stereocenters. The van der Waals surface area contributed by atoms with Crippen LogP contribution >= 0.6 is 23.2 Å². The maximum absolute atomic E-state index is 11.9.